The predicted octanol–water partition coefficient (Wildman–Crippen LogP) is 2.09. The third-order valence-corrected chi connectivity index (χ3v) is 3.56. The van der Waals surface area contributed by atoms with E-state index in [1.807, 2.05) is 18.3 Å². The third-order valence-electron chi connectivity index (χ3n) is 3.56. The van der Waals surface area contributed by atoms with E-state index in [-0.39, 0.29) is 5.91 Å². The first kappa shape index (κ1) is 20.5. The number of carbonyl (C=O) groups is 1. The molecule has 1 heterocycles. The summed E-state index contributed by atoms with van der Waals surface area (Å²) in [5.41, 5.74) is 0. The maximum atomic E-state index is 11.1. The van der Waals surface area contributed by atoms with Crippen molar-refractivity contribution in [3.05, 3.63) is 37.2 Å². The summed E-state index contributed by atoms with van der Waals surface area (Å²) >= 11 is 0. The van der Waals surface area contributed by atoms with Crippen molar-refractivity contribution in [2.24, 2.45) is 5.92 Å². The van der Waals surface area contributed by atoms with E-state index in [0.29, 0.717) is 18.4 Å². The minimum Gasteiger partial charge on any atom is -0.388 e. The van der Waals surface area contributed by atoms with Crippen molar-refractivity contribution in [2.75, 3.05) is 43.9 Å². The lowest BCUT2D eigenvalue weighted by molar-refractivity contribution is -0.127. The van der Waals surface area contributed by atoms with E-state index in [0.717, 1.165) is 31.9 Å². The number of nitrogens with one attached hydrogen (secondary N) is 3. The Balaban J connectivity index is 2.33. The van der Waals surface area contributed by atoms with Crippen LogP contribution in [0.25, 0.3) is 0 Å². The number of aromatic nitrogens is 2. The van der Waals surface area contributed by atoms with E-state index in [2.05, 4.69) is 45.5 Å². The summed E-state index contributed by atoms with van der Waals surface area (Å²) in [6.07, 6.45) is 8.43. The van der Waals surface area contributed by atoms with Gasteiger partial charge in [-0.25, -0.2) is 4.98 Å². The molecule has 7 nitrogen and oxygen atoms in total. The highest BCUT2D eigenvalue weighted by molar-refractivity contribution is 5.72. The van der Waals surface area contributed by atoms with Crippen molar-refractivity contribution in [2.45, 2.75) is 20.3 Å². The van der Waals surface area contributed by atoms with Gasteiger partial charge in [0.2, 0.25) is 11.9 Å². The van der Waals surface area contributed by atoms with Gasteiger partial charge in [0.15, 0.2) is 0 Å². The Morgan fingerprint density at radius 2 is 2.24 bits per heavy atom. The molecule has 1 atom stereocenters. The second-order valence-corrected chi connectivity index (χ2v) is 5.90. The van der Waals surface area contributed by atoms with Gasteiger partial charge in [0.25, 0.3) is 0 Å². The molecular weight excluding hydrogens is 316 g/mol. The Morgan fingerprint density at radius 1 is 1.44 bits per heavy atom. The van der Waals surface area contributed by atoms with E-state index >= 15 is 0 Å². The molecule has 0 radical (unpaired) electrons. The van der Waals surface area contributed by atoms with Gasteiger partial charge in [0.1, 0.15) is 5.82 Å². The van der Waals surface area contributed by atoms with E-state index in [1.165, 1.54) is 0 Å². The molecule has 0 aliphatic carbocycles. The standard InChI is InChI=1S/C18H30N6O/c1-5-9-19-11-7-15(2)14-22-17-8-12-21-18(23-17)20-10-6-13-24(4)16(3)25/h5,7-8,11-12,15,19H,1,6,9-10,13-14H2,2-4H3,(H2,20,21,22,23)/b11-7+. The topological polar surface area (TPSA) is 82.2 Å². The van der Waals surface area contributed by atoms with Crippen LogP contribution in [0.3, 0.4) is 0 Å². The lowest BCUT2D eigenvalue weighted by Gasteiger charge is -2.14. The van der Waals surface area contributed by atoms with Gasteiger partial charge in [0.05, 0.1) is 0 Å². The lowest BCUT2D eigenvalue weighted by atomic mass is 10.2. The molecular formula is C18H30N6O. The van der Waals surface area contributed by atoms with E-state index in [9.17, 15) is 4.79 Å². The van der Waals surface area contributed by atoms with E-state index in [4.69, 9.17) is 0 Å². The van der Waals surface area contributed by atoms with Gasteiger partial charge in [-0.15, -0.1) is 6.58 Å². The fraction of sp³-hybridized carbons (Fsp3) is 0.500. The van der Waals surface area contributed by atoms with Crippen LogP contribution in [-0.4, -0.2) is 54.0 Å². The summed E-state index contributed by atoms with van der Waals surface area (Å²) in [4.78, 5) is 21.5. The second kappa shape index (κ2) is 11.9. The summed E-state index contributed by atoms with van der Waals surface area (Å²) < 4.78 is 0. The van der Waals surface area contributed by atoms with Crippen LogP contribution in [0, 0.1) is 5.92 Å². The highest BCUT2D eigenvalue weighted by Gasteiger charge is 2.03. The van der Waals surface area contributed by atoms with Crippen LogP contribution >= 0.6 is 0 Å². The van der Waals surface area contributed by atoms with E-state index < -0.39 is 0 Å². The van der Waals surface area contributed by atoms with Crippen LogP contribution in [-0.2, 0) is 4.79 Å². The predicted molar refractivity (Wildman–Crippen MR) is 103 cm³/mol. The molecule has 0 saturated heterocycles. The molecule has 0 saturated carbocycles. The van der Waals surface area contributed by atoms with Gasteiger partial charge in [-0.3, -0.25) is 4.79 Å². The fourth-order valence-electron chi connectivity index (χ4n) is 1.93. The zero-order chi connectivity index (χ0) is 18.5. The van der Waals surface area contributed by atoms with Gasteiger partial charge in [-0.2, -0.15) is 4.98 Å². The maximum Gasteiger partial charge on any atom is 0.224 e. The van der Waals surface area contributed by atoms with Crippen molar-refractivity contribution < 1.29 is 4.79 Å². The van der Waals surface area contributed by atoms with Gasteiger partial charge in [-0.1, -0.05) is 19.1 Å². The zero-order valence-electron chi connectivity index (χ0n) is 15.5. The molecule has 0 fully saturated rings. The molecule has 0 aliphatic rings. The first-order chi connectivity index (χ1) is 12.0. The lowest BCUT2D eigenvalue weighted by Crippen LogP contribution is -2.26. The van der Waals surface area contributed by atoms with Gasteiger partial charge < -0.3 is 20.9 Å². The molecule has 1 unspecified atom stereocenters. The van der Waals surface area contributed by atoms with Crippen molar-refractivity contribution in [1.29, 1.82) is 0 Å². The monoisotopic (exact) mass is 346 g/mol. The average molecular weight is 346 g/mol. The van der Waals surface area contributed by atoms with Crippen molar-refractivity contribution in [3.63, 3.8) is 0 Å². The summed E-state index contributed by atoms with van der Waals surface area (Å²) in [5.74, 6) is 1.82. The quantitative estimate of drug-likeness (QED) is 0.397. The molecule has 1 aromatic rings. The average Bonchev–Trinajstić information content (AvgIpc) is 2.60. The molecule has 0 spiro atoms. The molecule has 0 bridgehead atoms. The molecule has 1 aromatic heterocycles. The smallest absolute Gasteiger partial charge is 0.224 e. The Labute approximate surface area is 150 Å². The van der Waals surface area contributed by atoms with Crippen LogP contribution in [0.4, 0.5) is 11.8 Å². The van der Waals surface area contributed by atoms with E-state index in [1.54, 1.807) is 25.1 Å². The van der Waals surface area contributed by atoms with Gasteiger partial charge in [0, 0.05) is 46.3 Å². The number of carbonyl (C=O) groups excluding carboxylic acids is 1. The van der Waals surface area contributed by atoms with Crippen molar-refractivity contribution >= 4 is 17.7 Å². The highest BCUT2D eigenvalue weighted by atomic mass is 16.2. The minimum atomic E-state index is 0.0744. The van der Waals surface area contributed by atoms with Crippen LogP contribution in [0.15, 0.2) is 37.2 Å². The zero-order valence-corrected chi connectivity index (χ0v) is 15.5. The molecule has 0 aromatic carbocycles. The number of hydrogen-bond donors (Lipinski definition) is 3. The number of amides is 1. The normalized spacial score (nSPS) is 11.8. The largest absolute Gasteiger partial charge is 0.388 e. The molecule has 1 rings (SSSR count). The van der Waals surface area contributed by atoms with Crippen molar-refractivity contribution in [1.82, 2.24) is 20.2 Å². The Hall–Kier alpha value is -2.57. The van der Waals surface area contributed by atoms with Gasteiger partial charge >= 0.3 is 0 Å². The Bertz CT molecular complexity index is 560. The second-order valence-electron chi connectivity index (χ2n) is 5.90. The summed E-state index contributed by atoms with van der Waals surface area (Å²) in [6.45, 7) is 10.3. The molecule has 3 N–H and O–H groups in total. The third kappa shape index (κ3) is 9.34. The minimum absolute atomic E-state index is 0.0744. The van der Waals surface area contributed by atoms with Crippen LogP contribution in [0.2, 0.25) is 0 Å². The number of hydrogen-bond acceptors (Lipinski definition) is 6. The first-order valence-electron chi connectivity index (χ1n) is 8.56. The van der Waals surface area contributed by atoms with Gasteiger partial charge in [-0.05, 0) is 24.6 Å². The van der Waals surface area contributed by atoms with Crippen LogP contribution in [0.5, 0.6) is 0 Å². The fourth-order valence-corrected chi connectivity index (χ4v) is 1.93. The summed E-state index contributed by atoms with van der Waals surface area (Å²) in [7, 11) is 1.80. The summed E-state index contributed by atoms with van der Waals surface area (Å²) in [6, 6.07) is 1.85. The maximum absolute atomic E-state index is 11.1. The molecule has 1 amide bonds. The van der Waals surface area contributed by atoms with Crippen LogP contribution in [0.1, 0.15) is 20.3 Å². The van der Waals surface area contributed by atoms with Crippen molar-refractivity contribution in [3.8, 4) is 0 Å². The number of rotatable bonds is 12. The number of anilines is 2. The molecule has 7 heteroatoms. The van der Waals surface area contributed by atoms with Crippen LogP contribution < -0.4 is 16.0 Å². The Morgan fingerprint density at radius 3 is 2.96 bits per heavy atom. The molecule has 0 aliphatic heterocycles. The summed E-state index contributed by atoms with van der Waals surface area (Å²) in [5, 5.41) is 9.62. The molecule has 25 heavy (non-hydrogen) atoms. The molecule has 138 valence electrons. The highest BCUT2D eigenvalue weighted by Crippen LogP contribution is 2.07. The number of nitrogens with zero attached hydrogens (tertiary/aromatic N) is 3. The SMILES string of the molecule is C=CCN/C=C/C(C)CNc1ccnc(NCCCN(C)C(C)=O)n1. The first-order valence-corrected chi connectivity index (χ1v) is 8.56. The Kier molecular flexibility index (Phi) is 9.74.